The standard InChI is InChI=1S/C18H14N4O3/c19-9-13-2-1-3-17(8-13)25-12-15-10-22(21-20-15)11-18(24)14-4-6-16(23)7-5-14/h1-8,10,23H,11-12H2. The Balaban J connectivity index is 1.59. The van der Waals surface area contributed by atoms with Crippen LogP contribution in [0.3, 0.4) is 0 Å². The minimum absolute atomic E-state index is 0.0433. The van der Waals surface area contributed by atoms with Gasteiger partial charge in [0.15, 0.2) is 5.78 Å². The van der Waals surface area contributed by atoms with E-state index in [0.29, 0.717) is 22.6 Å². The van der Waals surface area contributed by atoms with Gasteiger partial charge in [-0.3, -0.25) is 4.79 Å². The number of aromatic nitrogens is 3. The maximum Gasteiger partial charge on any atom is 0.184 e. The summed E-state index contributed by atoms with van der Waals surface area (Å²) in [6.07, 6.45) is 1.63. The van der Waals surface area contributed by atoms with E-state index >= 15 is 0 Å². The topological polar surface area (TPSA) is 101 Å². The third-order valence-electron chi connectivity index (χ3n) is 3.43. The zero-order valence-corrected chi connectivity index (χ0v) is 13.2. The molecule has 0 aliphatic rings. The first-order valence-corrected chi connectivity index (χ1v) is 7.48. The fraction of sp³-hybridized carbons (Fsp3) is 0.111. The Bertz CT molecular complexity index is 926. The van der Waals surface area contributed by atoms with Gasteiger partial charge >= 0.3 is 0 Å². The fourth-order valence-corrected chi connectivity index (χ4v) is 2.18. The van der Waals surface area contributed by atoms with Crippen LogP contribution in [0.4, 0.5) is 0 Å². The molecular formula is C18H14N4O3. The fourth-order valence-electron chi connectivity index (χ4n) is 2.18. The van der Waals surface area contributed by atoms with Crippen LogP contribution < -0.4 is 4.74 Å². The van der Waals surface area contributed by atoms with Gasteiger partial charge in [-0.05, 0) is 42.5 Å². The Morgan fingerprint density at radius 2 is 2.04 bits per heavy atom. The average molecular weight is 334 g/mol. The largest absolute Gasteiger partial charge is 0.508 e. The molecule has 0 radical (unpaired) electrons. The Kier molecular flexibility index (Phi) is 4.72. The van der Waals surface area contributed by atoms with Crippen molar-refractivity contribution >= 4 is 5.78 Å². The molecule has 0 aliphatic carbocycles. The molecule has 0 atom stereocenters. The Morgan fingerprint density at radius 3 is 2.80 bits per heavy atom. The molecule has 1 aromatic heterocycles. The summed E-state index contributed by atoms with van der Waals surface area (Å²) >= 11 is 0. The lowest BCUT2D eigenvalue weighted by Crippen LogP contribution is -2.10. The first kappa shape index (κ1) is 16.2. The third-order valence-corrected chi connectivity index (χ3v) is 3.43. The predicted molar refractivity (Wildman–Crippen MR) is 87.9 cm³/mol. The smallest absolute Gasteiger partial charge is 0.184 e. The highest BCUT2D eigenvalue weighted by molar-refractivity contribution is 5.95. The molecule has 0 unspecified atom stereocenters. The van der Waals surface area contributed by atoms with Crippen molar-refractivity contribution in [2.75, 3.05) is 0 Å². The number of phenols is 1. The van der Waals surface area contributed by atoms with Crippen molar-refractivity contribution in [3.05, 3.63) is 71.5 Å². The lowest BCUT2D eigenvalue weighted by Gasteiger charge is -2.03. The molecule has 3 aromatic rings. The molecule has 0 fully saturated rings. The minimum Gasteiger partial charge on any atom is -0.508 e. The van der Waals surface area contributed by atoms with Crippen LogP contribution in [0.15, 0.2) is 54.7 Å². The average Bonchev–Trinajstić information content (AvgIpc) is 3.08. The number of nitriles is 1. The molecule has 3 rings (SSSR count). The van der Waals surface area contributed by atoms with E-state index in [0.717, 1.165) is 0 Å². The van der Waals surface area contributed by atoms with Gasteiger partial charge < -0.3 is 9.84 Å². The van der Waals surface area contributed by atoms with E-state index in [2.05, 4.69) is 10.3 Å². The summed E-state index contributed by atoms with van der Waals surface area (Å²) in [5, 5.41) is 26.0. The van der Waals surface area contributed by atoms with Crippen molar-refractivity contribution in [3.63, 3.8) is 0 Å². The molecule has 7 heteroatoms. The van der Waals surface area contributed by atoms with E-state index in [1.165, 1.54) is 16.8 Å². The van der Waals surface area contributed by atoms with Crippen LogP contribution in [0.25, 0.3) is 0 Å². The third kappa shape index (κ3) is 4.20. The summed E-state index contributed by atoms with van der Waals surface area (Å²) < 4.78 is 7.00. The molecule has 1 heterocycles. The summed E-state index contributed by atoms with van der Waals surface area (Å²) in [6, 6.07) is 14.9. The zero-order valence-electron chi connectivity index (χ0n) is 13.2. The summed E-state index contributed by atoms with van der Waals surface area (Å²) in [4.78, 5) is 12.2. The normalized spacial score (nSPS) is 10.2. The lowest BCUT2D eigenvalue weighted by molar-refractivity contribution is 0.0967. The van der Waals surface area contributed by atoms with Crippen LogP contribution in [0.5, 0.6) is 11.5 Å². The quantitative estimate of drug-likeness (QED) is 0.694. The van der Waals surface area contributed by atoms with E-state index < -0.39 is 0 Å². The molecule has 0 saturated heterocycles. The molecule has 2 aromatic carbocycles. The highest BCUT2D eigenvalue weighted by Crippen LogP contribution is 2.14. The van der Waals surface area contributed by atoms with Gasteiger partial charge in [-0.1, -0.05) is 11.3 Å². The highest BCUT2D eigenvalue weighted by Gasteiger charge is 2.09. The number of Topliss-reactive ketones (excluding diaryl/α,β-unsaturated/α-hetero) is 1. The number of rotatable bonds is 6. The minimum atomic E-state index is -0.140. The Morgan fingerprint density at radius 1 is 1.24 bits per heavy atom. The number of ether oxygens (including phenoxy) is 1. The number of ketones is 1. The second kappa shape index (κ2) is 7.27. The number of nitrogens with zero attached hydrogens (tertiary/aromatic N) is 4. The van der Waals surface area contributed by atoms with Gasteiger partial charge in [0.25, 0.3) is 0 Å². The van der Waals surface area contributed by atoms with Crippen molar-refractivity contribution in [2.45, 2.75) is 13.2 Å². The molecule has 0 aliphatic heterocycles. The van der Waals surface area contributed by atoms with Crippen molar-refractivity contribution in [2.24, 2.45) is 0 Å². The molecule has 0 amide bonds. The van der Waals surface area contributed by atoms with E-state index in [-0.39, 0.29) is 24.7 Å². The highest BCUT2D eigenvalue weighted by atomic mass is 16.5. The predicted octanol–water partition coefficient (Wildman–Crippen LogP) is 2.32. The van der Waals surface area contributed by atoms with Gasteiger partial charge in [0.2, 0.25) is 0 Å². The number of aromatic hydroxyl groups is 1. The monoisotopic (exact) mass is 334 g/mol. The van der Waals surface area contributed by atoms with Crippen LogP contribution in [-0.2, 0) is 13.2 Å². The van der Waals surface area contributed by atoms with Crippen LogP contribution in [0, 0.1) is 11.3 Å². The molecule has 1 N–H and O–H groups in total. The Hall–Kier alpha value is -3.66. The van der Waals surface area contributed by atoms with Crippen LogP contribution in [0.2, 0.25) is 0 Å². The van der Waals surface area contributed by atoms with Crippen molar-refractivity contribution < 1.29 is 14.6 Å². The van der Waals surface area contributed by atoms with E-state index in [9.17, 15) is 9.90 Å². The summed E-state index contributed by atoms with van der Waals surface area (Å²) in [5.74, 6) is 0.532. The van der Waals surface area contributed by atoms with Gasteiger partial charge in [0, 0.05) is 5.56 Å². The molecule has 0 bridgehead atoms. The second-order valence-electron chi connectivity index (χ2n) is 5.31. The van der Waals surface area contributed by atoms with Crippen molar-refractivity contribution in [1.29, 1.82) is 5.26 Å². The van der Waals surface area contributed by atoms with Crippen LogP contribution in [-0.4, -0.2) is 25.9 Å². The molecule has 0 saturated carbocycles. The summed E-state index contributed by atoms with van der Waals surface area (Å²) in [7, 11) is 0. The van der Waals surface area contributed by atoms with Gasteiger partial charge in [-0.25, -0.2) is 4.68 Å². The van der Waals surface area contributed by atoms with Crippen LogP contribution in [0.1, 0.15) is 21.6 Å². The number of hydrogen-bond donors (Lipinski definition) is 1. The lowest BCUT2D eigenvalue weighted by atomic mass is 10.1. The molecule has 7 nitrogen and oxygen atoms in total. The maximum absolute atomic E-state index is 12.2. The number of phenolic OH excluding ortho intramolecular Hbond substituents is 1. The van der Waals surface area contributed by atoms with Crippen molar-refractivity contribution in [3.8, 4) is 17.6 Å². The van der Waals surface area contributed by atoms with E-state index in [1.54, 1.807) is 42.6 Å². The van der Waals surface area contributed by atoms with E-state index in [4.69, 9.17) is 10.00 Å². The van der Waals surface area contributed by atoms with Gasteiger partial charge in [0.1, 0.15) is 30.3 Å². The number of carbonyl (C=O) groups excluding carboxylic acids is 1. The van der Waals surface area contributed by atoms with E-state index in [1.807, 2.05) is 6.07 Å². The number of hydrogen-bond acceptors (Lipinski definition) is 6. The number of benzene rings is 2. The summed E-state index contributed by atoms with van der Waals surface area (Å²) in [5.41, 5.74) is 1.57. The van der Waals surface area contributed by atoms with Crippen molar-refractivity contribution in [1.82, 2.24) is 15.0 Å². The number of carbonyl (C=O) groups is 1. The van der Waals surface area contributed by atoms with Crippen LogP contribution >= 0.6 is 0 Å². The van der Waals surface area contributed by atoms with Gasteiger partial charge in [-0.2, -0.15) is 5.26 Å². The van der Waals surface area contributed by atoms with Gasteiger partial charge in [-0.15, -0.1) is 5.10 Å². The molecule has 0 spiro atoms. The molecular weight excluding hydrogens is 320 g/mol. The first-order valence-electron chi connectivity index (χ1n) is 7.48. The van der Waals surface area contributed by atoms with Gasteiger partial charge in [0.05, 0.1) is 17.8 Å². The zero-order chi connectivity index (χ0) is 17.6. The summed E-state index contributed by atoms with van der Waals surface area (Å²) in [6.45, 7) is 0.226. The SMILES string of the molecule is N#Cc1cccc(OCc2cn(CC(=O)c3ccc(O)cc3)nn2)c1. The Labute approximate surface area is 143 Å². The molecule has 25 heavy (non-hydrogen) atoms. The maximum atomic E-state index is 12.2. The second-order valence-corrected chi connectivity index (χ2v) is 5.31. The first-order chi connectivity index (χ1) is 12.1. The molecule has 124 valence electrons.